The Morgan fingerprint density at radius 2 is 1.96 bits per heavy atom. The fourth-order valence-electron chi connectivity index (χ4n) is 2.54. The van der Waals surface area contributed by atoms with Gasteiger partial charge in [0.05, 0.1) is 12.1 Å². The molecule has 0 bridgehead atoms. The molecule has 0 aliphatic carbocycles. The summed E-state index contributed by atoms with van der Waals surface area (Å²) in [7, 11) is 1.60. The SMILES string of the molecule is CCCCn1nc(C)c(/C=C/C(=O)Nc2ccc(CC(=O)NC)cc2)c1Cl. The number of likely N-dealkylation sites (N-methyl/N-ethyl adjacent to an activating group) is 1. The first-order chi connectivity index (χ1) is 12.9. The van der Waals surface area contributed by atoms with Crippen molar-refractivity contribution in [2.75, 3.05) is 12.4 Å². The Morgan fingerprint density at radius 1 is 1.26 bits per heavy atom. The molecule has 27 heavy (non-hydrogen) atoms. The zero-order valence-corrected chi connectivity index (χ0v) is 16.6. The number of nitrogens with one attached hydrogen (secondary N) is 2. The summed E-state index contributed by atoms with van der Waals surface area (Å²) in [6.45, 7) is 4.75. The van der Waals surface area contributed by atoms with E-state index in [1.165, 1.54) is 6.08 Å². The maximum atomic E-state index is 12.2. The zero-order chi connectivity index (χ0) is 19.8. The van der Waals surface area contributed by atoms with Gasteiger partial charge in [0.15, 0.2) is 0 Å². The third-order valence-corrected chi connectivity index (χ3v) is 4.50. The van der Waals surface area contributed by atoms with Gasteiger partial charge in [-0.25, -0.2) is 0 Å². The van der Waals surface area contributed by atoms with Crippen molar-refractivity contribution < 1.29 is 9.59 Å². The Hall–Kier alpha value is -2.60. The van der Waals surface area contributed by atoms with Gasteiger partial charge in [0.1, 0.15) is 5.15 Å². The molecule has 0 unspecified atom stereocenters. The Morgan fingerprint density at radius 3 is 2.59 bits per heavy atom. The van der Waals surface area contributed by atoms with Crippen molar-refractivity contribution in [2.24, 2.45) is 0 Å². The summed E-state index contributed by atoms with van der Waals surface area (Å²) >= 11 is 6.36. The van der Waals surface area contributed by atoms with Crippen LogP contribution in [0, 0.1) is 6.92 Å². The molecule has 0 radical (unpaired) electrons. The molecule has 6 nitrogen and oxygen atoms in total. The van der Waals surface area contributed by atoms with E-state index in [4.69, 9.17) is 11.6 Å². The van der Waals surface area contributed by atoms with Crippen LogP contribution in [-0.2, 0) is 22.6 Å². The lowest BCUT2D eigenvalue weighted by atomic mass is 10.1. The molecular formula is C20H25ClN4O2. The number of anilines is 1. The van der Waals surface area contributed by atoms with Crippen LogP contribution in [-0.4, -0.2) is 28.6 Å². The van der Waals surface area contributed by atoms with Crippen LogP contribution in [0.5, 0.6) is 0 Å². The molecule has 0 saturated carbocycles. The van der Waals surface area contributed by atoms with Crippen molar-refractivity contribution in [3.8, 4) is 0 Å². The normalized spacial score (nSPS) is 11.0. The van der Waals surface area contributed by atoms with Crippen LogP contribution < -0.4 is 10.6 Å². The van der Waals surface area contributed by atoms with Crippen molar-refractivity contribution in [3.63, 3.8) is 0 Å². The monoisotopic (exact) mass is 388 g/mol. The molecule has 2 N–H and O–H groups in total. The first-order valence-electron chi connectivity index (χ1n) is 8.96. The number of nitrogens with zero attached hydrogens (tertiary/aromatic N) is 2. The van der Waals surface area contributed by atoms with Gasteiger partial charge in [-0.1, -0.05) is 37.1 Å². The number of carbonyl (C=O) groups is 2. The van der Waals surface area contributed by atoms with Crippen molar-refractivity contribution in [3.05, 3.63) is 52.3 Å². The predicted molar refractivity (Wildman–Crippen MR) is 109 cm³/mol. The number of aryl methyl sites for hydroxylation is 2. The quantitative estimate of drug-likeness (QED) is 0.678. The third-order valence-electron chi connectivity index (χ3n) is 4.10. The average molecular weight is 389 g/mol. The zero-order valence-electron chi connectivity index (χ0n) is 15.9. The molecular weight excluding hydrogens is 364 g/mol. The summed E-state index contributed by atoms with van der Waals surface area (Å²) in [6.07, 6.45) is 5.50. The Labute approximate surface area is 164 Å². The maximum Gasteiger partial charge on any atom is 0.248 e. The molecule has 144 valence electrons. The van der Waals surface area contributed by atoms with Gasteiger partial charge in [0, 0.05) is 30.9 Å². The lowest BCUT2D eigenvalue weighted by Crippen LogP contribution is -2.19. The molecule has 0 aliphatic rings. The van der Waals surface area contributed by atoms with Crippen LogP contribution in [0.15, 0.2) is 30.3 Å². The van der Waals surface area contributed by atoms with E-state index in [0.29, 0.717) is 17.3 Å². The minimum atomic E-state index is -0.258. The number of amides is 2. The van der Waals surface area contributed by atoms with E-state index in [1.807, 2.05) is 19.1 Å². The molecule has 0 saturated heterocycles. The first-order valence-corrected chi connectivity index (χ1v) is 9.33. The van der Waals surface area contributed by atoms with E-state index >= 15 is 0 Å². The summed E-state index contributed by atoms with van der Waals surface area (Å²) < 4.78 is 1.77. The highest BCUT2D eigenvalue weighted by atomic mass is 35.5. The standard InChI is InChI=1S/C20H25ClN4O2/c1-4-5-12-25-20(21)17(14(2)24-25)10-11-18(26)23-16-8-6-15(7-9-16)13-19(27)22-3/h6-11H,4-5,12-13H2,1-3H3,(H,22,27)(H,23,26)/b11-10+. The van der Waals surface area contributed by atoms with Crippen LogP contribution in [0.1, 0.15) is 36.6 Å². The number of unbranched alkanes of at least 4 members (excludes halogenated alkanes) is 1. The van der Waals surface area contributed by atoms with Gasteiger partial charge in [-0.05, 0) is 37.1 Å². The number of benzene rings is 1. The van der Waals surface area contributed by atoms with Crippen molar-refractivity contribution >= 4 is 35.2 Å². The topological polar surface area (TPSA) is 76.0 Å². The third kappa shape index (κ3) is 5.96. The molecule has 2 aromatic rings. The maximum absolute atomic E-state index is 12.2. The molecule has 2 amide bonds. The van der Waals surface area contributed by atoms with Gasteiger partial charge in [-0.15, -0.1) is 0 Å². The molecule has 7 heteroatoms. The smallest absolute Gasteiger partial charge is 0.248 e. The lowest BCUT2D eigenvalue weighted by molar-refractivity contribution is -0.120. The molecule has 1 aromatic carbocycles. The second-order valence-corrected chi connectivity index (χ2v) is 6.59. The summed E-state index contributed by atoms with van der Waals surface area (Å²) in [4.78, 5) is 23.5. The molecule has 0 atom stereocenters. The van der Waals surface area contributed by atoms with Gasteiger partial charge < -0.3 is 10.6 Å². The van der Waals surface area contributed by atoms with Gasteiger partial charge in [0.25, 0.3) is 0 Å². The van der Waals surface area contributed by atoms with Crippen LogP contribution in [0.4, 0.5) is 5.69 Å². The lowest BCUT2D eigenvalue weighted by Gasteiger charge is -2.04. The summed E-state index contributed by atoms with van der Waals surface area (Å²) in [5.74, 6) is -0.313. The van der Waals surface area contributed by atoms with Crippen molar-refractivity contribution in [1.29, 1.82) is 0 Å². The van der Waals surface area contributed by atoms with E-state index < -0.39 is 0 Å². The van der Waals surface area contributed by atoms with E-state index in [2.05, 4.69) is 22.7 Å². The van der Waals surface area contributed by atoms with E-state index in [1.54, 1.807) is 29.9 Å². The Kier molecular flexibility index (Phi) is 7.61. The number of aromatic nitrogens is 2. The van der Waals surface area contributed by atoms with Crippen LogP contribution >= 0.6 is 11.6 Å². The molecule has 0 spiro atoms. The number of halogens is 1. The first kappa shape index (κ1) is 20.7. The highest BCUT2D eigenvalue weighted by Crippen LogP contribution is 2.22. The number of carbonyl (C=O) groups excluding carboxylic acids is 2. The van der Waals surface area contributed by atoms with Crippen LogP contribution in [0.2, 0.25) is 5.15 Å². The van der Waals surface area contributed by atoms with Gasteiger partial charge in [-0.3, -0.25) is 14.3 Å². The fourth-order valence-corrected chi connectivity index (χ4v) is 2.86. The summed E-state index contributed by atoms with van der Waals surface area (Å²) in [5, 5.41) is 10.3. The average Bonchev–Trinajstić information content (AvgIpc) is 2.93. The van der Waals surface area contributed by atoms with E-state index in [9.17, 15) is 9.59 Å². The molecule has 1 aromatic heterocycles. The summed E-state index contributed by atoms with van der Waals surface area (Å²) in [5.41, 5.74) is 3.08. The van der Waals surface area contributed by atoms with Gasteiger partial charge >= 0.3 is 0 Å². The Bertz CT molecular complexity index is 825. The molecule has 1 heterocycles. The molecule has 0 aliphatic heterocycles. The number of hydrogen-bond acceptors (Lipinski definition) is 3. The highest BCUT2D eigenvalue weighted by Gasteiger charge is 2.11. The van der Waals surface area contributed by atoms with E-state index in [-0.39, 0.29) is 11.8 Å². The predicted octanol–water partition coefficient (Wildman–Crippen LogP) is 3.59. The molecule has 2 rings (SSSR count). The summed E-state index contributed by atoms with van der Waals surface area (Å²) in [6, 6.07) is 7.16. The second-order valence-electron chi connectivity index (χ2n) is 6.24. The largest absolute Gasteiger partial charge is 0.359 e. The number of rotatable bonds is 8. The van der Waals surface area contributed by atoms with Crippen LogP contribution in [0.3, 0.4) is 0 Å². The minimum absolute atomic E-state index is 0.0542. The second kappa shape index (κ2) is 9.92. The van der Waals surface area contributed by atoms with Gasteiger partial charge in [0.2, 0.25) is 11.8 Å². The number of hydrogen-bond donors (Lipinski definition) is 2. The van der Waals surface area contributed by atoms with Crippen LogP contribution in [0.25, 0.3) is 6.08 Å². The Balaban J connectivity index is 1.99. The van der Waals surface area contributed by atoms with Crippen molar-refractivity contribution in [1.82, 2.24) is 15.1 Å². The minimum Gasteiger partial charge on any atom is -0.359 e. The molecule has 0 fully saturated rings. The van der Waals surface area contributed by atoms with Crippen molar-refractivity contribution in [2.45, 2.75) is 39.7 Å². The highest BCUT2D eigenvalue weighted by molar-refractivity contribution is 6.31. The van der Waals surface area contributed by atoms with Gasteiger partial charge in [-0.2, -0.15) is 5.10 Å². The fraction of sp³-hybridized carbons (Fsp3) is 0.350. The van der Waals surface area contributed by atoms with E-state index in [0.717, 1.165) is 36.2 Å².